The number of thioether (sulfide) groups is 1. The Balaban J connectivity index is 1.73. The second-order valence-electron chi connectivity index (χ2n) is 3.42. The Morgan fingerprint density at radius 2 is 2.35 bits per heavy atom. The zero-order valence-electron chi connectivity index (χ0n) is 9.59. The molecule has 2 aromatic rings. The van der Waals surface area contributed by atoms with Gasteiger partial charge in [0.1, 0.15) is 5.76 Å². The van der Waals surface area contributed by atoms with Gasteiger partial charge in [-0.3, -0.25) is 0 Å². The van der Waals surface area contributed by atoms with Crippen LogP contribution in [-0.2, 0) is 22.7 Å². The Kier molecular flexibility index (Phi) is 4.63. The molecule has 0 atom stereocenters. The number of furan rings is 1. The third-order valence-corrected chi connectivity index (χ3v) is 3.03. The first-order valence-corrected chi connectivity index (χ1v) is 6.44. The SMILES string of the molecule is COCCc1noc(CSCc2ccco2)n1. The minimum atomic E-state index is 0.610. The summed E-state index contributed by atoms with van der Waals surface area (Å²) in [4.78, 5) is 4.26. The lowest BCUT2D eigenvalue weighted by atomic mass is 10.4. The molecule has 2 aromatic heterocycles. The van der Waals surface area contributed by atoms with Gasteiger partial charge in [0.05, 0.1) is 24.4 Å². The van der Waals surface area contributed by atoms with Crippen LogP contribution in [0.1, 0.15) is 17.5 Å². The third kappa shape index (κ3) is 3.90. The number of nitrogens with zero attached hydrogens (tertiary/aromatic N) is 2. The van der Waals surface area contributed by atoms with Crippen LogP contribution in [0.4, 0.5) is 0 Å². The molecule has 0 radical (unpaired) electrons. The molecule has 17 heavy (non-hydrogen) atoms. The lowest BCUT2D eigenvalue weighted by molar-refractivity contribution is 0.199. The summed E-state index contributed by atoms with van der Waals surface area (Å²) in [5.41, 5.74) is 0. The van der Waals surface area contributed by atoms with Crippen molar-refractivity contribution in [2.45, 2.75) is 17.9 Å². The highest BCUT2D eigenvalue weighted by atomic mass is 32.2. The Bertz CT molecular complexity index is 428. The second kappa shape index (κ2) is 6.46. The molecule has 0 saturated carbocycles. The van der Waals surface area contributed by atoms with Crippen LogP contribution in [0.2, 0.25) is 0 Å². The molecule has 5 nitrogen and oxygen atoms in total. The van der Waals surface area contributed by atoms with E-state index >= 15 is 0 Å². The largest absolute Gasteiger partial charge is 0.468 e. The summed E-state index contributed by atoms with van der Waals surface area (Å²) in [6.45, 7) is 0.610. The first kappa shape index (κ1) is 12.2. The predicted octanol–water partition coefficient (Wildman–Crippen LogP) is 2.28. The Labute approximate surface area is 104 Å². The maximum absolute atomic E-state index is 5.23. The number of hydrogen-bond acceptors (Lipinski definition) is 6. The molecule has 0 saturated heterocycles. The van der Waals surface area contributed by atoms with Crippen molar-refractivity contribution in [3.63, 3.8) is 0 Å². The van der Waals surface area contributed by atoms with Crippen molar-refractivity contribution in [3.8, 4) is 0 Å². The van der Waals surface area contributed by atoms with Crippen molar-refractivity contribution in [1.29, 1.82) is 0 Å². The van der Waals surface area contributed by atoms with Gasteiger partial charge >= 0.3 is 0 Å². The highest BCUT2D eigenvalue weighted by Gasteiger charge is 2.06. The molecule has 2 heterocycles. The topological polar surface area (TPSA) is 61.3 Å². The summed E-state index contributed by atoms with van der Waals surface area (Å²) in [5, 5.41) is 3.87. The fourth-order valence-corrected chi connectivity index (χ4v) is 2.04. The summed E-state index contributed by atoms with van der Waals surface area (Å²) in [6.07, 6.45) is 2.36. The fourth-order valence-electron chi connectivity index (χ4n) is 1.28. The van der Waals surface area contributed by atoms with Crippen LogP contribution in [0.25, 0.3) is 0 Å². The molecule has 0 N–H and O–H groups in total. The Hall–Kier alpha value is -1.27. The van der Waals surface area contributed by atoms with Gasteiger partial charge in [-0.25, -0.2) is 0 Å². The standard InChI is InChI=1S/C11H14N2O3S/c1-14-6-4-10-12-11(16-13-10)8-17-7-9-3-2-5-15-9/h2-3,5H,4,6-8H2,1H3. The molecule has 0 bridgehead atoms. The van der Waals surface area contributed by atoms with Crippen molar-refractivity contribution < 1.29 is 13.7 Å². The minimum absolute atomic E-state index is 0.610. The van der Waals surface area contributed by atoms with Crippen LogP contribution in [-0.4, -0.2) is 23.9 Å². The van der Waals surface area contributed by atoms with Gasteiger partial charge in [-0.15, -0.1) is 11.8 Å². The lowest BCUT2D eigenvalue weighted by Gasteiger charge is -1.93. The highest BCUT2D eigenvalue weighted by Crippen LogP contribution is 2.17. The van der Waals surface area contributed by atoms with Gasteiger partial charge in [-0.2, -0.15) is 4.98 Å². The van der Waals surface area contributed by atoms with Crippen molar-refractivity contribution in [1.82, 2.24) is 10.1 Å². The maximum atomic E-state index is 5.23. The van der Waals surface area contributed by atoms with Gasteiger partial charge in [-0.05, 0) is 12.1 Å². The van der Waals surface area contributed by atoms with Crippen molar-refractivity contribution in [3.05, 3.63) is 35.9 Å². The van der Waals surface area contributed by atoms with Crippen LogP contribution in [0, 0.1) is 0 Å². The van der Waals surface area contributed by atoms with Crippen LogP contribution in [0.3, 0.4) is 0 Å². The van der Waals surface area contributed by atoms with Gasteiger partial charge in [0.15, 0.2) is 5.82 Å². The molecule has 0 aliphatic carbocycles. The van der Waals surface area contributed by atoms with Crippen molar-refractivity contribution in [2.24, 2.45) is 0 Å². The smallest absolute Gasteiger partial charge is 0.236 e. The van der Waals surface area contributed by atoms with E-state index in [1.54, 1.807) is 25.1 Å². The summed E-state index contributed by atoms with van der Waals surface area (Å²) in [5.74, 6) is 3.80. The van der Waals surface area contributed by atoms with Crippen LogP contribution >= 0.6 is 11.8 Å². The van der Waals surface area contributed by atoms with E-state index < -0.39 is 0 Å². The number of aromatic nitrogens is 2. The molecule has 0 aromatic carbocycles. The average Bonchev–Trinajstić information content (AvgIpc) is 2.98. The van der Waals surface area contributed by atoms with E-state index in [-0.39, 0.29) is 0 Å². The molecule has 6 heteroatoms. The summed E-state index contributed by atoms with van der Waals surface area (Å²) in [6, 6.07) is 3.83. The Morgan fingerprint density at radius 1 is 1.41 bits per heavy atom. The van der Waals surface area contributed by atoms with E-state index in [9.17, 15) is 0 Å². The van der Waals surface area contributed by atoms with E-state index in [0.717, 1.165) is 11.5 Å². The molecule has 2 rings (SSSR count). The zero-order valence-corrected chi connectivity index (χ0v) is 10.4. The van der Waals surface area contributed by atoms with Crippen molar-refractivity contribution in [2.75, 3.05) is 13.7 Å². The lowest BCUT2D eigenvalue weighted by Crippen LogP contribution is -1.96. The molecule has 0 aliphatic rings. The van der Waals surface area contributed by atoms with Gasteiger partial charge in [0, 0.05) is 13.5 Å². The molecule has 0 fully saturated rings. The maximum Gasteiger partial charge on any atom is 0.236 e. The Morgan fingerprint density at radius 3 is 3.12 bits per heavy atom. The van der Waals surface area contributed by atoms with E-state index in [4.69, 9.17) is 13.7 Å². The van der Waals surface area contributed by atoms with E-state index in [0.29, 0.717) is 30.5 Å². The van der Waals surface area contributed by atoms with E-state index in [2.05, 4.69) is 10.1 Å². The first-order chi connectivity index (χ1) is 8.38. The normalized spacial score (nSPS) is 10.9. The van der Waals surface area contributed by atoms with E-state index in [1.807, 2.05) is 12.1 Å². The first-order valence-electron chi connectivity index (χ1n) is 5.29. The quantitative estimate of drug-likeness (QED) is 0.755. The van der Waals surface area contributed by atoms with Gasteiger partial charge in [-0.1, -0.05) is 5.16 Å². The van der Waals surface area contributed by atoms with Gasteiger partial charge in [0.2, 0.25) is 5.89 Å². The third-order valence-electron chi connectivity index (χ3n) is 2.09. The average molecular weight is 254 g/mol. The van der Waals surface area contributed by atoms with Crippen LogP contribution < -0.4 is 0 Å². The van der Waals surface area contributed by atoms with E-state index in [1.165, 1.54) is 0 Å². The fraction of sp³-hybridized carbons (Fsp3) is 0.455. The molecule has 92 valence electrons. The van der Waals surface area contributed by atoms with Gasteiger partial charge in [0.25, 0.3) is 0 Å². The molecule has 0 unspecified atom stereocenters. The van der Waals surface area contributed by atoms with Crippen LogP contribution in [0.5, 0.6) is 0 Å². The number of rotatable bonds is 7. The predicted molar refractivity (Wildman–Crippen MR) is 63.6 cm³/mol. The molecular weight excluding hydrogens is 240 g/mol. The highest BCUT2D eigenvalue weighted by molar-refractivity contribution is 7.97. The molecule has 0 spiro atoms. The monoisotopic (exact) mass is 254 g/mol. The number of ether oxygens (including phenoxy) is 1. The second-order valence-corrected chi connectivity index (χ2v) is 4.40. The minimum Gasteiger partial charge on any atom is -0.468 e. The van der Waals surface area contributed by atoms with Gasteiger partial charge < -0.3 is 13.7 Å². The summed E-state index contributed by atoms with van der Waals surface area (Å²) in [7, 11) is 1.65. The molecule has 0 amide bonds. The summed E-state index contributed by atoms with van der Waals surface area (Å²) < 4.78 is 15.3. The van der Waals surface area contributed by atoms with Crippen LogP contribution in [0.15, 0.2) is 27.3 Å². The number of methoxy groups -OCH3 is 1. The van der Waals surface area contributed by atoms with Crippen molar-refractivity contribution >= 4 is 11.8 Å². The number of hydrogen-bond donors (Lipinski definition) is 0. The molecular formula is C11H14N2O3S. The zero-order chi connectivity index (χ0) is 11.9. The molecule has 0 aliphatic heterocycles. The summed E-state index contributed by atoms with van der Waals surface area (Å²) >= 11 is 1.68.